The number of H-pyrrole nitrogens is 1. The second-order valence-electron chi connectivity index (χ2n) is 6.82. The largest absolute Gasteiger partial charge is 0.497 e. The Morgan fingerprint density at radius 1 is 1.07 bits per heavy atom. The van der Waals surface area contributed by atoms with E-state index in [1.807, 2.05) is 66.5 Å². The third-order valence-corrected chi connectivity index (χ3v) is 4.92. The summed E-state index contributed by atoms with van der Waals surface area (Å²) >= 11 is 0. The fourth-order valence-corrected chi connectivity index (χ4v) is 3.41. The number of para-hydroxylation sites is 1. The molecule has 0 spiro atoms. The molecule has 29 heavy (non-hydrogen) atoms. The fraction of sp³-hybridized carbons (Fsp3) is 0.273. The third-order valence-electron chi connectivity index (χ3n) is 4.92. The average Bonchev–Trinajstić information content (AvgIpc) is 3.12. The molecule has 7 nitrogen and oxygen atoms in total. The van der Waals surface area contributed by atoms with Crippen molar-refractivity contribution in [2.45, 2.75) is 6.92 Å². The van der Waals surface area contributed by atoms with Crippen LogP contribution >= 0.6 is 0 Å². The van der Waals surface area contributed by atoms with Crippen molar-refractivity contribution in [3.8, 4) is 22.7 Å². The molecule has 0 aliphatic carbocycles. The maximum absolute atomic E-state index is 13.4. The number of nitrogens with zero attached hydrogens (tertiary/aromatic N) is 3. The molecule has 0 bridgehead atoms. The lowest BCUT2D eigenvalue weighted by Crippen LogP contribution is -2.33. The van der Waals surface area contributed by atoms with Crippen LogP contribution in [0.15, 0.2) is 64.5 Å². The van der Waals surface area contributed by atoms with Gasteiger partial charge in [-0.25, -0.2) is 4.68 Å². The number of ether oxygens (including phenoxy) is 2. The second kappa shape index (κ2) is 8.36. The van der Waals surface area contributed by atoms with Gasteiger partial charge in [-0.15, -0.1) is 0 Å². The van der Waals surface area contributed by atoms with Gasteiger partial charge in [0.05, 0.1) is 56.1 Å². The van der Waals surface area contributed by atoms with Crippen LogP contribution in [0.2, 0.25) is 0 Å². The summed E-state index contributed by atoms with van der Waals surface area (Å²) in [6.07, 6.45) is 0. The van der Waals surface area contributed by atoms with Crippen molar-refractivity contribution in [3.05, 3.63) is 70.5 Å². The molecule has 0 radical (unpaired) electrons. The molecule has 4 rings (SSSR count). The van der Waals surface area contributed by atoms with Crippen molar-refractivity contribution in [2.24, 2.45) is 5.10 Å². The Morgan fingerprint density at radius 3 is 2.41 bits per heavy atom. The van der Waals surface area contributed by atoms with Crippen LogP contribution in [0.1, 0.15) is 12.5 Å². The van der Waals surface area contributed by atoms with Gasteiger partial charge in [-0.05, 0) is 43.3 Å². The molecule has 1 fully saturated rings. The van der Waals surface area contributed by atoms with Gasteiger partial charge in [0, 0.05) is 5.56 Å². The van der Waals surface area contributed by atoms with Crippen LogP contribution in [-0.4, -0.2) is 53.9 Å². The Morgan fingerprint density at radius 2 is 1.76 bits per heavy atom. The van der Waals surface area contributed by atoms with Gasteiger partial charge in [0.2, 0.25) is 0 Å². The minimum Gasteiger partial charge on any atom is -0.497 e. The lowest BCUT2D eigenvalue weighted by molar-refractivity contribution is 0.0393. The summed E-state index contributed by atoms with van der Waals surface area (Å²) in [5.41, 5.74) is 3.51. The topological polar surface area (TPSA) is 71.8 Å². The number of aromatic nitrogens is 2. The predicted octanol–water partition coefficient (Wildman–Crippen LogP) is 2.90. The zero-order valence-corrected chi connectivity index (χ0v) is 16.6. The predicted molar refractivity (Wildman–Crippen MR) is 113 cm³/mol. The second-order valence-corrected chi connectivity index (χ2v) is 6.82. The third kappa shape index (κ3) is 3.95. The van der Waals surface area contributed by atoms with Gasteiger partial charge in [-0.3, -0.25) is 14.9 Å². The van der Waals surface area contributed by atoms with Gasteiger partial charge in [0.1, 0.15) is 5.75 Å². The molecule has 0 amide bonds. The van der Waals surface area contributed by atoms with Crippen molar-refractivity contribution < 1.29 is 9.47 Å². The van der Waals surface area contributed by atoms with Gasteiger partial charge in [-0.2, -0.15) is 5.10 Å². The number of morpholine rings is 1. The lowest BCUT2D eigenvalue weighted by atomic mass is 10.1. The Labute approximate surface area is 169 Å². The van der Waals surface area contributed by atoms with E-state index in [9.17, 15) is 4.79 Å². The number of hydrazone groups is 1. The maximum atomic E-state index is 13.4. The minimum absolute atomic E-state index is 0.128. The minimum atomic E-state index is -0.128. The van der Waals surface area contributed by atoms with Crippen molar-refractivity contribution in [3.63, 3.8) is 0 Å². The number of hydrogen-bond donors (Lipinski definition) is 1. The van der Waals surface area contributed by atoms with Crippen LogP contribution in [-0.2, 0) is 4.74 Å². The molecule has 150 valence electrons. The summed E-state index contributed by atoms with van der Waals surface area (Å²) in [4.78, 5) is 13.4. The SMILES string of the molecule is COc1ccc(-c2[nH]n(-c3ccccc3)c(=O)c2C(C)=NN2CCOCC2)cc1. The van der Waals surface area contributed by atoms with Crippen molar-refractivity contribution in [1.82, 2.24) is 14.8 Å². The van der Waals surface area contributed by atoms with Crippen molar-refractivity contribution in [2.75, 3.05) is 33.4 Å². The highest BCUT2D eigenvalue weighted by Crippen LogP contribution is 2.24. The van der Waals surface area contributed by atoms with E-state index in [2.05, 4.69) is 5.10 Å². The summed E-state index contributed by atoms with van der Waals surface area (Å²) < 4.78 is 12.2. The van der Waals surface area contributed by atoms with Gasteiger partial charge >= 0.3 is 0 Å². The highest BCUT2D eigenvalue weighted by Gasteiger charge is 2.20. The average molecular weight is 392 g/mol. The molecule has 7 heteroatoms. The molecule has 2 aromatic carbocycles. The Kier molecular flexibility index (Phi) is 5.48. The standard InChI is InChI=1S/C22H24N4O3/c1-16(23-25-12-14-29-15-13-25)20-21(17-8-10-19(28-2)11-9-17)24-26(22(20)27)18-6-4-3-5-7-18/h3-11,24H,12-15H2,1-2H3. The number of hydrogen-bond acceptors (Lipinski definition) is 5. The summed E-state index contributed by atoms with van der Waals surface area (Å²) in [5.74, 6) is 0.763. The molecule has 1 aliphatic heterocycles. The first kappa shape index (κ1) is 19.0. The van der Waals surface area contributed by atoms with Crippen LogP contribution in [0.3, 0.4) is 0 Å². The maximum Gasteiger partial charge on any atom is 0.281 e. The number of rotatable bonds is 5. The quantitative estimate of drug-likeness (QED) is 0.678. The summed E-state index contributed by atoms with van der Waals surface area (Å²) in [6, 6.07) is 17.2. The Balaban J connectivity index is 1.83. The van der Waals surface area contributed by atoms with E-state index in [1.165, 1.54) is 0 Å². The molecular weight excluding hydrogens is 368 g/mol. The number of methoxy groups -OCH3 is 1. The van der Waals surface area contributed by atoms with E-state index in [-0.39, 0.29) is 5.56 Å². The first-order valence-corrected chi connectivity index (χ1v) is 9.60. The Bertz CT molecular complexity index is 1050. The first-order valence-electron chi connectivity index (χ1n) is 9.60. The molecule has 1 aliphatic rings. The molecule has 0 saturated carbocycles. The molecule has 1 saturated heterocycles. The van der Waals surface area contributed by atoms with Crippen molar-refractivity contribution >= 4 is 5.71 Å². The van der Waals surface area contributed by atoms with E-state index in [1.54, 1.807) is 11.8 Å². The molecule has 0 atom stereocenters. The van der Waals surface area contributed by atoms with Crippen LogP contribution in [0, 0.1) is 0 Å². The molecule has 3 aromatic rings. The normalized spacial score (nSPS) is 14.8. The smallest absolute Gasteiger partial charge is 0.281 e. The van der Waals surface area contributed by atoms with Crippen LogP contribution in [0.4, 0.5) is 0 Å². The van der Waals surface area contributed by atoms with Crippen molar-refractivity contribution in [1.29, 1.82) is 0 Å². The van der Waals surface area contributed by atoms with E-state index in [0.29, 0.717) is 37.6 Å². The van der Waals surface area contributed by atoms with Gasteiger partial charge in [0.25, 0.3) is 5.56 Å². The van der Waals surface area contributed by atoms with Gasteiger partial charge in [0.15, 0.2) is 0 Å². The molecule has 1 N–H and O–H groups in total. The number of aromatic amines is 1. The summed E-state index contributed by atoms with van der Waals surface area (Å²) in [7, 11) is 1.63. The van der Waals surface area contributed by atoms with Gasteiger partial charge < -0.3 is 9.47 Å². The first-order chi connectivity index (χ1) is 14.2. The number of benzene rings is 2. The monoisotopic (exact) mass is 392 g/mol. The lowest BCUT2D eigenvalue weighted by Gasteiger charge is -2.24. The van der Waals surface area contributed by atoms with E-state index >= 15 is 0 Å². The summed E-state index contributed by atoms with van der Waals surface area (Å²) in [6.45, 7) is 4.59. The molecule has 1 aromatic heterocycles. The summed E-state index contributed by atoms with van der Waals surface area (Å²) in [5, 5.41) is 9.94. The zero-order valence-electron chi connectivity index (χ0n) is 16.6. The van der Waals surface area contributed by atoms with Crippen LogP contribution in [0.5, 0.6) is 5.75 Å². The van der Waals surface area contributed by atoms with E-state index < -0.39 is 0 Å². The fourth-order valence-electron chi connectivity index (χ4n) is 3.41. The van der Waals surface area contributed by atoms with E-state index in [4.69, 9.17) is 14.6 Å². The van der Waals surface area contributed by atoms with Crippen LogP contribution < -0.4 is 10.3 Å². The molecule has 0 unspecified atom stereocenters. The van der Waals surface area contributed by atoms with Crippen LogP contribution in [0.25, 0.3) is 16.9 Å². The zero-order chi connectivity index (χ0) is 20.2. The molecule has 2 heterocycles. The molecular formula is C22H24N4O3. The highest BCUT2D eigenvalue weighted by molar-refractivity contribution is 6.03. The Hall–Kier alpha value is -3.32. The number of nitrogens with one attached hydrogen (secondary N) is 1. The highest BCUT2D eigenvalue weighted by atomic mass is 16.5. The van der Waals surface area contributed by atoms with E-state index in [0.717, 1.165) is 22.7 Å². The van der Waals surface area contributed by atoms with Gasteiger partial charge in [-0.1, -0.05) is 18.2 Å².